The van der Waals surface area contributed by atoms with Crippen molar-refractivity contribution in [1.29, 1.82) is 0 Å². The van der Waals surface area contributed by atoms with Crippen LogP contribution in [-0.2, 0) is 33.3 Å². The van der Waals surface area contributed by atoms with E-state index in [0.29, 0.717) is 0 Å². The van der Waals surface area contributed by atoms with Gasteiger partial charge in [0.2, 0.25) is 0 Å². The van der Waals surface area contributed by atoms with Crippen LogP contribution >= 0.6 is 0 Å². The van der Waals surface area contributed by atoms with Crippen LogP contribution in [0.15, 0.2) is 17.1 Å². The van der Waals surface area contributed by atoms with Crippen LogP contribution in [0.5, 0.6) is 0 Å². The Morgan fingerprint density at radius 2 is 2.07 bits per heavy atom. The zero-order chi connectivity index (χ0) is 21.6. The zero-order valence-electron chi connectivity index (χ0n) is 16.0. The fourth-order valence-electron chi connectivity index (χ4n) is 2.64. The maximum Gasteiger partial charge on any atom is 0.508 e. The molecular weight excluding hydrogens is 390 g/mol. The Kier molecular flexibility index (Phi) is 7.31. The Balaban J connectivity index is 2.31. The summed E-state index contributed by atoms with van der Waals surface area (Å²) in [6.07, 6.45) is 0.437. The predicted molar refractivity (Wildman–Crippen MR) is 96.4 cm³/mol. The molecule has 0 aromatic carbocycles. The Morgan fingerprint density at radius 1 is 1.34 bits per heavy atom. The summed E-state index contributed by atoms with van der Waals surface area (Å²) in [6.45, 7) is 1.04. The van der Waals surface area contributed by atoms with E-state index in [1.54, 1.807) is 0 Å². The molecule has 1 aromatic rings. The van der Waals surface area contributed by atoms with Crippen molar-refractivity contribution in [2.45, 2.75) is 31.8 Å². The normalized spacial score (nSPS) is 21.0. The third kappa shape index (κ3) is 5.78. The van der Waals surface area contributed by atoms with E-state index in [-0.39, 0.29) is 24.4 Å². The highest BCUT2D eigenvalue weighted by Gasteiger charge is 2.40. The van der Waals surface area contributed by atoms with Crippen LogP contribution in [0.3, 0.4) is 0 Å². The Morgan fingerprint density at radius 3 is 2.69 bits per heavy atom. The lowest BCUT2D eigenvalue weighted by Gasteiger charge is -2.21. The fraction of sp³-hybridized carbons (Fsp3) is 0.471. The average Bonchev–Trinajstić information content (AvgIpc) is 3.06. The molecule has 1 aliphatic heterocycles. The quantitative estimate of drug-likeness (QED) is 0.382. The van der Waals surface area contributed by atoms with E-state index >= 15 is 0 Å². The van der Waals surface area contributed by atoms with Gasteiger partial charge in [0, 0.05) is 31.2 Å². The topological polar surface area (TPSA) is 158 Å². The summed E-state index contributed by atoms with van der Waals surface area (Å²) in [6, 6.07) is 0. The van der Waals surface area contributed by atoms with Crippen LogP contribution in [0.25, 0.3) is 6.08 Å². The highest BCUT2D eigenvalue weighted by Crippen LogP contribution is 2.31. The summed E-state index contributed by atoms with van der Waals surface area (Å²) in [4.78, 5) is 50.0. The van der Waals surface area contributed by atoms with Crippen molar-refractivity contribution in [2.75, 3.05) is 26.6 Å². The number of carbonyl (C=O) groups excluding carboxylic acids is 3. The van der Waals surface area contributed by atoms with Crippen LogP contribution < -0.4 is 11.4 Å². The molecule has 158 valence electrons. The molecule has 0 amide bonds. The molecule has 29 heavy (non-hydrogen) atoms. The van der Waals surface area contributed by atoms with Gasteiger partial charge in [-0.25, -0.2) is 14.4 Å². The first-order chi connectivity index (χ1) is 13.7. The Bertz CT molecular complexity index is 864. The van der Waals surface area contributed by atoms with Crippen molar-refractivity contribution >= 4 is 30.0 Å². The standard InChI is InChI=1S/C17H21N3O9/c1-9(21)28-12-6-11(8-27-17(24)26-3)29-15(12)20-7-10(4-5-13(22)25-2)14(18)19-16(20)23/h4-5,7,11-12,15H,6,8H2,1-3H3,(H2,18,19,23)/t11-,12+,15+/m0/s1. The van der Waals surface area contributed by atoms with Gasteiger partial charge in [-0.05, 0) is 6.08 Å². The molecule has 12 nitrogen and oxygen atoms in total. The van der Waals surface area contributed by atoms with Crippen LogP contribution in [-0.4, -0.2) is 60.7 Å². The highest BCUT2D eigenvalue weighted by atomic mass is 16.7. The predicted octanol–water partition coefficient (Wildman–Crippen LogP) is 0.0139. The molecular formula is C17H21N3O9. The summed E-state index contributed by atoms with van der Waals surface area (Å²) in [5.74, 6) is -1.32. The van der Waals surface area contributed by atoms with Gasteiger partial charge in [-0.15, -0.1) is 0 Å². The van der Waals surface area contributed by atoms with Gasteiger partial charge in [0.15, 0.2) is 6.23 Å². The molecule has 0 bridgehead atoms. The van der Waals surface area contributed by atoms with E-state index in [1.165, 1.54) is 26.3 Å². The highest BCUT2D eigenvalue weighted by molar-refractivity contribution is 5.87. The number of ether oxygens (including phenoxy) is 5. The largest absolute Gasteiger partial charge is 0.508 e. The summed E-state index contributed by atoms with van der Waals surface area (Å²) >= 11 is 0. The van der Waals surface area contributed by atoms with Crippen LogP contribution in [0.2, 0.25) is 0 Å². The van der Waals surface area contributed by atoms with Crippen molar-refractivity contribution in [3.8, 4) is 0 Å². The maximum absolute atomic E-state index is 12.4. The number of carbonyl (C=O) groups is 3. The van der Waals surface area contributed by atoms with E-state index in [1.807, 2.05) is 0 Å². The van der Waals surface area contributed by atoms with Crippen molar-refractivity contribution < 1.29 is 38.1 Å². The first kappa shape index (κ1) is 21.9. The van der Waals surface area contributed by atoms with E-state index in [9.17, 15) is 19.2 Å². The first-order valence-corrected chi connectivity index (χ1v) is 8.43. The monoisotopic (exact) mass is 411 g/mol. The van der Waals surface area contributed by atoms with E-state index in [0.717, 1.165) is 17.8 Å². The van der Waals surface area contributed by atoms with Gasteiger partial charge in [0.1, 0.15) is 18.5 Å². The molecule has 1 aromatic heterocycles. The SMILES string of the molecule is COC(=O)C=Cc1cn([C@@H]2O[C@H](COC(=O)OC)C[C@H]2OC(C)=O)c(=O)nc1N. The smallest absolute Gasteiger partial charge is 0.466 e. The minimum atomic E-state index is -1.05. The lowest BCUT2D eigenvalue weighted by atomic mass is 10.2. The second kappa shape index (κ2) is 9.68. The second-order valence-corrected chi connectivity index (χ2v) is 5.93. The molecule has 12 heteroatoms. The maximum atomic E-state index is 12.4. The third-order valence-corrected chi connectivity index (χ3v) is 3.90. The van der Waals surface area contributed by atoms with E-state index in [4.69, 9.17) is 19.9 Å². The van der Waals surface area contributed by atoms with Crippen LogP contribution in [0, 0.1) is 0 Å². The summed E-state index contributed by atoms with van der Waals surface area (Å²) in [5, 5.41) is 0. The summed E-state index contributed by atoms with van der Waals surface area (Å²) < 4.78 is 25.8. The molecule has 1 fully saturated rings. The molecule has 2 heterocycles. The molecule has 0 unspecified atom stereocenters. The second-order valence-electron chi connectivity index (χ2n) is 5.93. The lowest BCUT2D eigenvalue weighted by Crippen LogP contribution is -2.34. The van der Waals surface area contributed by atoms with E-state index < -0.39 is 42.2 Å². The molecule has 3 atom stereocenters. The number of esters is 2. The van der Waals surface area contributed by atoms with Crippen molar-refractivity contribution in [3.63, 3.8) is 0 Å². The lowest BCUT2D eigenvalue weighted by molar-refractivity contribution is -0.152. The number of hydrogen-bond donors (Lipinski definition) is 1. The zero-order valence-corrected chi connectivity index (χ0v) is 16.0. The van der Waals surface area contributed by atoms with E-state index in [2.05, 4.69) is 14.5 Å². The van der Waals surface area contributed by atoms with Crippen LogP contribution in [0.1, 0.15) is 25.1 Å². The first-order valence-electron chi connectivity index (χ1n) is 8.43. The van der Waals surface area contributed by atoms with Gasteiger partial charge < -0.3 is 29.4 Å². The molecule has 2 N–H and O–H groups in total. The van der Waals surface area contributed by atoms with Gasteiger partial charge in [-0.2, -0.15) is 4.98 Å². The number of nitrogen functional groups attached to an aromatic ring is 1. The number of methoxy groups -OCH3 is 2. The van der Waals surface area contributed by atoms with Gasteiger partial charge in [-0.1, -0.05) is 0 Å². The molecule has 0 saturated carbocycles. The third-order valence-electron chi connectivity index (χ3n) is 3.90. The molecule has 0 radical (unpaired) electrons. The average molecular weight is 411 g/mol. The van der Waals surface area contributed by atoms with Crippen molar-refractivity contribution in [2.24, 2.45) is 0 Å². The Labute approximate surface area is 165 Å². The number of anilines is 1. The van der Waals surface area contributed by atoms with Gasteiger partial charge >= 0.3 is 23.8 Å². The summed E-state index contributed by atoms with van der Waals surface area (Å²) in [7, 11) is 2.37. The molecule has 0 spiro atoms. The Hall–Kier alpha value is -3.41. The minimum Gasteiger partial charge on any atom is -0.466 e. The molecule has 2 rings (SSSR count). The van der Waals surface area contributed by atoms with Gasteiger partial charge in [0.05, 0.1) is 20.3 Å². The van der Waals surface area contributed by atoms with Crippen LogP contribution in [0.4, 0.5) is 10.6 Å². The number of nitrogens with zero attached hydrogens (tertiary/aromatic N) is 2. The van der Waals surface area contributed by atoms with Gasteiger partial charge in [0.25, 0.3) is 0 Å². The molecule has 1 saturated heterocycles. The van der Waals surface area contributed by atoms with Gasteiger partial charge in [-0.3, -0.25) is 9.36 Å². The fourth-order valence-corrected chi connectivity index (χ4v) is 2.64. The number of nitrogens with two attached hydrogens (primary N) is 1. The number of rotatable bonds is 6. The molecule has 1 aliphatic rings. The minimum absolute atomic E-state index is 0.112. The van der Waals surface area contributed by atoms with Crippen molar-refractivity contribution in [3.05, 3.63) is 28.3 Å². The summed E-state index contributed by atoms with van der Waals surface area (Å²) in [5.41, 5.74) is 5.22. The number of aromatic nitrogens is 2. The van der Waals surface area contributed by atoms with Crippen molar-refractivity contribution in [1.82, 2.24) is 9.55 Å². The number of hydrogen-bond acceptors (Lipinski definition) is 11. The molecule has 0 aliphatic carbocycles.